The van der Waals surface area contributed by atoms with Gasteiger partial charge in [0, 0.05) is 44.5 Å². The van der Waals surface area contributed by atoms with E-state index in [4.69, 9.17) is 21.1 Å². The first-order valence-corrected chi connectivity index (χ1v) is 8.59. The molecule has 0 N–H and O–H groups in total. The molecule has 2 aliphatic heterocycles. The molecule has 1 saturated heterocycles. The standard InChI is InChI=1S/C18H18ClN3O3/c19-15-9-13(10-16-17(15)25-12-24-16)18(23)22-7-5-21(6-8-22)11-14-3-1-2-4-20-14/h1-4,9-10H,5-8,11-12H2. The number of amides is 1. The third kappa shape index (κ3) is 3.41. The maximum absolute atomic E-state index is 12.8. The number of nitrogens with zero attached hydrogens (tertiary/aromatic N) is 3. The van der Waals surface area contributed by atoms with Crippen molar-refractivity contribution in [3.8, 4) is 11.5 Å². The van der Waals surface area contributed by atoms with Crippen LogP contribution in [0.25, 0.3) is 0 Å². The van der Waals surface area contributed by atoms with Gasteiger partial charge in [-0.3, -0.25) is 14.7 Å². The molecule has 1 aromatic carbocycles. The number of piperazine rings is 1. The molecule has 0 atom stereocenters. The number of carbonyl (C=O) groups is 1. The van der Waals surface area contributed by atoms with Gasteiger partial charge in [0.1, 0.15) is 0 Å². The Morgan fingerprint density at radius 2 is 2.00 bits per heavy atom. The van der Waals surface area contributed by atoms with Crippen LogP contribution >= 0.6 is 11.6 Å². The number of carbonyl (C=O) groups excluding carboxylic acids is 1. The van der Waals surface area contributed by atoms with E-state index in [0.29, 0.717) is 35.2 Å². The molecule has 0 aliphatic carbocycles. The fourth-order valence-electron chi connectivity index (χ4n) is 3.10. The van der Waals surface area contributed by atoms with E-state index in [1.807, 2.05) is 23.1 Å². The van der Waals surface area contributed by atoms with Crippen LogP contribution in [0.2, 0.25) is 5.02 Å². The second-order valence-electron chi connectivity index (χ2n) is 6.08. The van der Waals surface area contributed by atoms with Gasteiger partial charge in [-0.2, -0.15) is 0 Å². The van der Waals surface area contributed by atoms with Crippen molar-refractivity contribution in [1.29, 1.82) is 0 Å². The lowest BCUT2D eigenvalue weighted by Crippen LogP contribution is -2.48. The van der Waals surface area contributed by atoms with E-state index in [1.165, 1.54) is 0 Å². The molecular weight excluding hydrogens is 342 g/mol. The zero-order valence-corrected chi connectivity index (χ0v) is 14.4. The average Bonchev–Trinajstić information content (AvgIpc) is 3.12. The fourth-order valence-corrected chi connectivity index (χ4v) is 3.37. The van der Waals surface area contributed by atoms with Crippen LogP contribution in [0.5, 0.6) is 11.5 Å². The highest BCUT2D eigenvalue weighted by atomic mass is 35.5. The summed E-state index contributed by atoms with van der Waals surface area (Å²) in [6, 6.07) is 9.28. The molecule has 0 spiro atoms. The van der Waals surface area contributed by atoms with Gasteiger partial charge >= 0.3 is 0 Å². The number of benzene rings is 1. The van der Waals surface area contributed by atoms with E-state index in [-0.39, 0.29) is 12.7 Å². The highest BCUT2D eigenvalue weighted by Gasteiger charge is 2.26. The number of hydrogen-bond donors (Lipinski definition) is 0. The van der Waals surface area contributed by atoms with Gasteiger partial charge in [-0.05, 0) is 24.3 Å². The van der Waals surface area contributed by atoms with Gasteiger partial charge in [0.2, 0.25) is 6.79 Å². The van der Waals surface area contributed by atoms with Crippen LogP contribution in [0.4, 0.5) is 0 Å². The van der Waals surface area contributed by atoms with Crippen LogP contribution in [0.1, 0.15) is 16.1 Å². The number of aromatic nitrogens is 1. The molecule has 0 unspecified atom stereocenters. The molecule has 1 fully saturated rings. The summed E-state index contributed by atoms with van der Waals surface area (Å²) in [4.78, 5) is 21.3. The molecule has 7 heteroatoms. The molecule has 1 amide bonds. The largest absolute Gasteiger partial charge is 0.454 e. The van der Waals surface area contributed by atoms with Crippen LogP contribution in [-0.4, -0.2) is 53.7 Å². The van der Waals surface area contributed by atoms with E-state index in [2.05, 4.69) is 9.88 Å². The molecular formula is C18H18ClN3O3. The molecule has 0 saturated carbocycles. The summed E-state index contributed by atoms with van der Waals surface area (Å²) in [6.45, 7) is 3.94. The summed E-state index contributed by atoms with van der Waals surface area (Å²) in [5.74, 6) is 1.01. The second-order valence-corrected chi connectivity index (χ2v) is 6.49. The van der Waals surface area contributed by atoms with Crippen molar-refractivity contribution in [2.45, 2.75) is 6.54 Å². The highest BCUT2D eigenvalue weighted by molar-refractivity contribution is 6.32. The molecule has 4 rings (SSSR count). The molecule has 2 aromatic rings. The van der Waals surface area contributed by atoms with E-state index in [0.717, 1.165) is 25.3 Å². The maximum Gasteiger partial charge on any atom is 0.254 e. The number of pyridine rings is 1. The van der Waals surface area contributed by atoms with E-state index in [9.17, 15) is 4.79 Å². The smallest absolute Gasteiger partial charge is 0.254 e. The lowest BCUT2D eigenvalue weighted by atomic mass is 10.1. The Balaban J connectivity index is 1.39. The minimum Gasteiger partial charge on any atom is -0.454 e. The van der Waals surface area contributed by atoms with Gasteiger partial charge < -0.3 is 14.4 Å². The van der Waals surface area contributed by atoms with Crippen LogP contribution in [0.3, 0.4) is 0 Å². The number of rotatable bonds is 3. The summed E-state index contributed by atoms with van der Waals surface area (Å²) < 4.78 is 10.6. The van der Waals surface area contributed by atoms with E-state index >= 15 is 0 Å². The summed E-state index contributed by atoms with van der Waals surface area (Å²) in [7, 11) is 0. The van der Waals surface area contributed by atoms with E-state index < -0.39 is 0 Å². The SMILES string of the molecule is O=C(c1cc(Cl)c2c(c1)OCO2)N1CCN(Cc2ccccn2)CC1. The summed E-state index contributed by atoms with van der Waals surface area (Å²) >= 11 is 6.18. The Bertz CT molecular complexity index is 777. The number of ether oxygens (including phenoxy) is 2. The third-order valence-corrected chi connectivity index (χ3v) is 4.73. The van der Waals surface area contributed by atoms with Crippen LogP contribution in [0, 0.1) is 0 Å². The van der Waals surface area contributed by atoms with E-state index in [1.54, 1.807) is 18.3 Å². The Labute approximate surface area is 150 Å². The highest BCUT2D eigenvalue weighted by Crippen LogP contribution is 2.40. The molecule has 130 valence electrons. The Morgan fingerprint density at radius 3 is 2.76 bits per heavy atom. The topological polar surface area (TPSA) is 54.9 Å². The Kier molecular flexibility index (Phi) is 4.46. The van der Waals surface area contributed by atoms with Crippen molar-refractivity contribution in [3.63, 3.8) is 0 Å². The zero-order valence-electron chi connectivity index (χ0n) is 13.7. The number of halogens is 1. The predicted molar refractivity (Wildman–Crippen MR) is 93.0 cm³/mol. The lowest BCUT2D eigenvalue weighted by Gasteiger charge is -2.34. The van der Waals surface area contributed by atoms with Crippen molar-refractivity contribution in [2.75, 3.05) is 33.0 Å². The minimum absolute atomic E-state index is 0.0299. The van der Waals surface area contributed by atoms with Gasteiger partial charge in [-0.1, -0.05) is 17.7 Å². The summed E-state index contributed by atoms with van der Waals surface area (Å²) in [5, 5.41) is 0.409. The normalized spacial score (nSPS) is 16.9. The first kappa shape index (κ1) is 16.2. The number of fused-ring (bicyclic) bond motifs is 1. The fraction of sp³-hybridized carbons (Fsp3) is 0.333. The third-order valence-electron chi connectivity index (χ3n) is 4.45. The number of hydrogen-bond acceptors (Lipinski definition) is 5. The van der Waals surface area contributed by atoms with Gasteiger partial charge in [0.15, 0.2) is 11.5 Å². The summed E-state index contributed by atoms with van der Waals surface area (Å²) in [6.07, 6.45) is 1.80. The zero-order chi connectivity index (χ0) is 17.2. The Morgan fingerprint density at radius 1 is 1.16 bits per heavy atom. The van der Waals surface area contributed by atoms with Crippen LogP contribution in [-0.2, 0) is 6.54 Å². The quantitative estimate of drug-likeness (QED) is 0.842. The van der Waals surface area contributed by atoms with Crippen molar-refractivity contribution < 1.29 is 14.3 Å². The summed E-state index contributed by atoms with van der Waals surface area (Å²) in [5.41, 5.74) is 1.58. The first-order chi connectivity index (χ1) is 12.2. The van der Waals surface area contributed by atoms with Crippen LogP contribution < -0.4 is 9.47 Å². The molecule has 0 bridgehead atoms. The molecule has 2 aliphatic rings. The van der Waals surface area contributed by atoms with Crippen molar-refractivity contribution in [2.24, 2.45) is 0 Å². The molecule has 1 aromatic heterocycles. The van der Waals surface area contributed by atoms with Gasteiger partial charge in [0.05, 0.1) is 10.7 Å². The lowest BCUT2D eigenvalue weighted by molar-refractivity contribution is 0.0626. The van der Waals surface area contributed by atoms with Crippen molar-refractivity contribution in [3.05, 3.63) is 52.8 Å². The van der Waals surface area contributed by atoms with Crippen LogP contribution in [0.15, 0.2) is 36.5 Å². The van der Waals surface area contributed by atoms with Gasteiger partial charge in [0.25, 0.3) is 5.91 Å². The minimum atomic E-state index is -0.0299. The molecule has 25 heavy (non-hydrogen) atoms. The van der Waals surface area contributed by atoms with Crippen molar-refractivity contribution in [1.82, 2.24) is 14.8 Å². The monoisotopic (exact) mass is 359 g/mol. The molecule has 6 nitrogen and oxygen atoms in total. The predicted octanol–water partition coefficient (Wildman–Crippen LogP) is 2.42. The maximum atomic E-state index is 12.8. The van der Waals surface area contributed by atoms with Gasteiger partial charge in [-0.25, -0.2) is 0 Å². The molecule has 3 heterocycles. The average molecular weight is 360 g/mol. The molecule has 0 radical (unpaired) electrons. The van der Waals surface area contributed by atoms with Crippen molar-refractivity contribution >= 4 is 17.5 Å². The van der Waals surface area contributed by atoms with Gasteiger partial charge in [-0.15, -0.1) is 0 Å². The Hall–Kier alpha value is -2.31. The first-order valence-electron chi connectivity index (χ1n) is 8.21. The second kappa shape index (κ2) is 6.90.